The van der Waals surface area contributed by atoms with Crippen LogP contribution in [0.4, 0.5) is 5.69 Å². The van der Waals surface area contributed by atoms with E-state index < -0.39 is 0 Å². The van der Waals surface area contributed by atoms with Gasteiger partial charge in [0.2, 0.25) is 0 Å². The van der Waals surface area contributed by atoms with Crippen LogP contribution in [0.3, 0.4) is 0 Å². The zero-order valence-corrected chi connectivity index (χ0v) is 16.0. The molecule has 1 aromatic rings. The third kappa shape index (κ3) is 5.42. The molecule has 1 aliphatic heterocycles. The quantitative estimate of drug-likeness (QED) is 0.599. The number of hydrogen-bond donors (Lipinski definition) is 3. The minimum Gasteiger partial charge on any atom is -0.332 e. The second kappa shape index (κ2) is 9.17. The molecule has 1 aliphatic rings. The van der Waals surface area contributed by atoms with E-state index in [9.17, 15) is 9.59 Å². The van der Waals surface area contributed by atoms with E-state index >= 15 is 0 Å². The van der Waals surface area contributed by atoms with Crippen molar-refractivity contribution in [2.24, 2.45) is 0 Å². The van der Waals surface area contributed by atoms with Crippen molar-refractivity contribution in [2.45, 2.75) is 19.9 Å². The van der Waals surface area contributed by atoms with E-state index in [-0.39, 0.29) is 24.4 Å². The minimum atomic E-state index is -0.250. The highest BCUT2D eigenvalue weighted by Crippen LogP contribution is 2.19. The van der Waals surface area contributed by atoms with E-state index in [0.717, 1.165) is 37.6 Å². The van der Waals surface area contributed by atoms with Gasteiger partial charge in [-0.15, -0.1) is 0 Å². The fourth-order valence-corrected chi connectivity index (χ4v) is 3.23. The summed E-state index contributed by atoms with van der Waals surface area (Å²) < 4.78 is 0. The van der Waals surface area contributed by atoms with E-state index in [1.54, 1.807) is 12.1 Å². The number of hydrogen-bond acceptors (Lipinski definition) is 2. The highest BCUT2D eigenvalue weighted by atomic mass is 35.5. The van der Waals surface area contributed by atoms with Crippen LogP contribution in [-0.2, 0) is 9.59 Å². The number of amides is 2. The number of halogens is 1. The zero-order chi connectivity index (χ0) is 18.4. The normalized spacial score (nSPS) is 17.8. The Bertz CT molecular complexity index is 602. The van der Waals surface area contributed by atoms with Crippen LogP contribution in [0, 0.1) is 0 Å². The van der Waals surface area contributed by atoms with Gasteiger partial charge in [0.25, 0.3) is 11.8 Å². The fraction of sp³-hybridized carbons (Fsp3) is 0.556. The number of piperazine rings is 1. The second-order valence-corrected chi connectivity index (χ2v) is 7.11. The largest absolute Gasteiger partial charge is 0.332 e. The Kier molecular flexibility index (Phi) is 7.23. The summed E-state index contributed by atoms with van der Waals surface area (Å²) in [7, 11) is 1.88. The summed E-state index contributed by atoms with van der Waals surface area (Å²) in [4.78, 5) is 29.3. The van der Waals surface area contributed by atoms with Gasteiger partial charge in [0.15, 0.2) is 12.6 Å². The van der Waals surface area contributed by atoms with Crippen molar-refractivity contribution in [3.8, 4) is 0 Å². The molecule has 2 rings (SSSR count). The number of carbonyl (C=O) groups excluding carboxylic acids is 2. The number of nitrogens with zero attached hydrogens (tertiary/aromatic N) is 1. The zero-order valence-electron chi connectivity index (χ0n) is 15.3. The lowest BCUT2D eigenvalue weighted by molar-refractivity contribution is -0.903. The maximum Gasteiger partial charge on any atom is 0.280 e. The van der Waals surface area contributed by atoms with E-state index in [2.05, 4.69) is 12.2 Å². The van der Waals surface area contributed by atoms with Gasteiger partial charge in [0.05, 0.1) is 50.5 Å². The number of nitrogens with one attached hydrogen (secondary N) is 3. The molecule has 1 aromatic carbocycles. The Morgan fingerprint density at radius 3 is 2.56 bits per heavy atom. The van der Waals surface area contributed by atoms with Crippen molar-refractivity contribution < 1.29 is 19.4 Å². The molecule has 1 unspecified atom stereocenters. The summed E-state index contributed by atoms with van der Waals surface area (Å²) in [5.74, 6) is -0.0244. The molecule has 138 valence electrons. The third-order valence-electron chi connectivity index (χ3n) is 4.98. The van der Waals surface area contributed by atoms with E-state index in [1.807, 2.05) is 31.0 Å². The SMILES string of the molecule is CC[NH+]1CCN(C(=O)[C@H](C)[NH+](C)CC(=O)Nc2ccccc2Cl)CC1. The third-order valence-corrected chi connectivity index (χ3v) is 5.31. The molecule has 0 aromatic heterocycles. The Labute approximate surface area is 154 Å². The smallest absolute Gasteiger partial charge is 0.280 e. The van der Waals surface area contributed by atoms with Crippen molar-refractivity contribution in [1.29, 1.82) is 0 Å². The lowest BCUT2D eigenvalue weighted by Crippen LogP contribution is -3.16. The average Bonchev–Trinajstić information content (AvgIpc) is 2.62. The van der Waals surface area contributed by atoms with E-state index in [4.69, 9.17) is 11.6 Å². The molecule has 0 aliphatic carbocycles. The summed E-state index contributed by atoms with van der Waals surface area (Å²) in [5.41, 5.74) is 0.597. The van der Waals surface area contributed by atoms with Crippen LogP contribution in [0.25, 0.3) is 0 Å². The standard InChI is InChI=1S/C18H27ClN4O2/c1-4-22-9-11-23(12-10-22)18(25)14(2)21(3)13-17(24)20-16-8-6-5-7-15(16)19/h5-8,14H,4,9-13H2,1-3H3,(H,20,24)/p+2/t14-/m0/s1. The molecule has 0 radical (unpaired) electrons. The molecule has 0 bridgehead atoms. The number of para-hydroxylation sites is 1. The molecule has 1 heterocycles. The summed E-state index contributed by atoms with van der Waals surface area (Å²) in [6, 6.07) is 6.88. The van der Waals surface area contributed by atoms with Gasteiger partial charge in [-0.2, -0.15) is 0 Å². The van der Waals surface area contributed by atoms with Crippen LogP contribution in [0.1, 0.15) is 13.8 Å². The van der Waals surface area contributed by atoms with Gasteiger partial charge in [-0.25, -0.2) is 0 Å². The Balaban J connectivity index is 1.85. The number of carbonyl (C=O) groups is 2. The van der Waals surface area contributed by atoms with E-state index in [1.165, 1.54) is 4.90 Å². The van der Waals surface area contributed by atoms with Gasteiger partial charge in [-0.1, -0.05) is 23.7 Å². The van der Waals surface area contributed by atoms with Gasteiger partial charge in [-0.05, 0) is 26.0 Å². The molecule has 1 saturated heterocycles. The molecule has 6 nitrogen and oxygen atoms in total. The summed E-state index contributed by atoms with van der Waals surface area (Å²) in [6.07, 6.45) is 0. The number of anilines is 1. The molecule has 2 atom stereocenters. The van der Waals surface area contributed by atoms with Crippen molar-refractivity contribution in [3.05, 3.63) is 29.3 Å². The van der Waals surface area contributed by atoms with Crippen molar-refractivity contribution >= 4 is 29.1 Å². The van der Waals surface area contributed by atoms with Gasteiger partial charge in [0.1, 0.15) is 0 Å². The predicted molar refractivity (Wildman–Crippen MR) is 99.1 cm³/mol. The average molecular weight is 369 g/mol. The molecular weight excluding hydrogens is 340 g/mol. The van der Waals surface area contributed by atoms with Crippen LogP contribution in [-0.4, -0.2) is 69.1 Å². The topological polar surface area (TPSA) is 58.3 Å². The van der Waals surface area contributed by atoms with E-state index in [0.29, 0.717) is 10.7 Å². The van der Waals surface area contributed by atoms with Crippen LogP contribution < -0.4 is 15.1 Å². The van der Waals surface area contributed by atoms with Crippen LogP contribution in [0.5, 0.6) is 0 Å². The second-order valence-electron chi connectivity index (χ2n) is 6.70. The lowest BCUT2D eigenvalue weighted by Gasteiger charge is -2.33. The summed E-state index contributed by atoms with van der Waals surface area (Å²) in [5, 5.41) is 3.32. The lowest BCUT2D eigenvalue weighted by atomic mass is 10.2. The summed E-state index contributed by atoms with van der Waals surface area (Å²) in [6.45, 7) is 8.98. The summed E-state index contributed by atoms with van der Waals surface area (Å²) >= 11 is 6.06. The number of benzene rings is 1. The van der Waals surface area contributed by atoms with Gasteiger partial charge in [-0.3, -0.25) is 9.59 Å². The Hall–Kier alpha value is -1.63. The molecular formula is C18H29ClN4O2+2. The maximum absolute atomic E-state index is 12.7. The molecule has 0 spiro atoms. The number of likely N-dealkylation sites (N-methyl/N-ethyl adjacent to an activating group) is 2. The molecule has 1 fully saturated rings. The van der Waals surface area contributed by atoms with Crippen molar-refractivity contribution in [1.82, 2.24) is 4.90 Å². The Morgan fingerprint density at radius 1 is 1.32 bits per heavy atom. The monoisotopic (exact) mass is 368 g/mol. The first-order chi connectivity index (χ1) is 11.9. The predicted octanol–water partition coefficient (Wildman–Crippen LogP) is -1.07. The molecule has 2 amide bonds. The van der Waals surface area contributed by atoms with Crippen LogP contribution in [0.15, 0.2) is 24.3 Å². The fourth-order valence-electron chi connectivity index (χ4n) is 3.04. The first kappa shape index (κ1) is 19.7. The molecule has 3 N–H and O–H groups in total. The highest BCUT2D eigenvalue weighted by Gasteiger charge is 2.31. The number of rotatable bonds is 6. The van der Waals surface area contributed by atoms with Crippen LogP contribution in [0.2, 0.25) is 5.02 Å². The van der Waals surface area contributed by atoms with Crippen molar-refractivity contribution in [2.75, 3.05) is 51.6 Å². The Morgan fingerprint density at radius 2 is 1.96 bits per heavy atom. The van der Waals surface area contributed by atoms with Gasteiger partial charge in [0, 0.05) is 0 Å². The molecule has 0 saturated carbocycles. The van der Waals surface area contributed by atoms with Crippen LogP contribution >= 0.6 is 11.6 Å². The minimum absolute atomic E-state index is 0.123. The van der Waals surface area contributed by atoms with Gasteiger partial charge >= 0.3 is 0 Å². The van der Waals surface area contributed by atoms with Gasteiger partial charge < -0.3 is 20.0 Å². The number of quaternary nitrogens is 2. The maximum atomic E-state index is 12.7. The van der Waals surface area contributed by atoms with Crippen molar-refractivity contribution in [3.63, 3.8) is 0 Å². The molecule has 25 heavy (non-hydrogen) atoms. The molecule has 7 heteroatoms. The first-order valence-electron chi connectivity index (χ1n) is 8.91. The highest BCUT2D eigenvalue weighted by molar-refractivity contribution is 6.33. The first-order valence-corrected chi connectivity index (χ1v) is 9.29.